The Morgan fingerprint density at radius 3 is 2.96 bits per heavy atom. The minimum Gasteiger partial charge on any atom is -0.379 e. The second kappa shape index (κ2) is 8.26. The van der Waals surface area contributed by atoms with E-state index in [0.29, 0.717) is 5.92 Å². The normalized spacial score (nSPS) is 15.8. The number of ether oxygens (including phenoxy) is 1. The van der Waals surface area contributed by atoms with Crippen LogP contribution < -0.4 is 5.32 Å². The molecular weight excluding hydrogens is 302 g/mol. The van der Waals surface area contributed by atoms with E-state index in [2.05, 4.69) is 45.3 Å². The summed E-state index contributed by atoms with van der Waals surface area (Å²) in [6, 6.07) is 4.14. The highest BCUT2D eigenvalue weighted by molar-refractivity contribution is 5.68. The van der Waals surface area contributed by atoms with Gasteiger partial charge in [-0.1, -0.05) is 13.8 Å². The summed E-state index contributed by atoms with van der Waals surface area (Å²) in [6.07, 6.45) is 4.86. The van der Waals surface area contributed by atoms with Crippen molar-refractivity contribution in [2.75, 3.05) is 44.7 Å². The summed E-state index contributed by atoms with van der Waals surface area (Å²) in [5, 5.41) is 10.7. The van der Waals surface area contributed by atoms with Crippen molar-refractivity contribution >= 4 is 5.82 Å². The van der Waals surface area contributed by atoms with Crippen molar-refractivity contribution in [3.8, 4) is 11.1 Å². The number of hydrogen-bond acceptors (Lipinski definition) is 5. The fraction of sp³-hybridized carbons (Fsp3) is 0.556. The number of pyridine rings is 1. The Balaban J connectivity index is 1.54. The van der Waals surface area contributed by atoms with E-state index in [-0.39, 0.29) is 0 Å². The molecule has 0 spiro atoms. The largest absolute Gasteiger partial charge is 0.379 e. The maximum atomic E-state index is 5.38. The predicted molar refractivity (Wildman–Crippen MR) is 96.3 cm³/mol. The van der Waals surface area contributed by atoms with Crippen molar-refractivity contribution in [1.82, 2.24) is 20.1 Å². The summed E-state index contributed by atoms with van der Waals surface area (Å²) < 4.78 is 5.38. The Bertz CT molecular complexity index is 634. The third kappa shape index (κ3) is 4.33. The van der Waals surface area contributed by atoms with Gasteiger partial charge in [0, 0.05) is 37.1 Å². The molecule has 2 aromatic rings. The molecule has 3 heterocycles. The Kier molecular flexibility index (Phi) is 5.82. The van der Waals surface area contributed by atoms with Crippen LogP contribution in [0.1, 0.15) is 31.9 Å². The van der Waals surface area contributed by atoms with Gasteiger partial charge >= 0.3 is 0 Å². The van der Waals surface area contributed by atoms with Crippen LogP contribution in [-0.2, 0) is 4.74 Å². The maximum Gasteiger partial charge on any atom is 0.126 e. The molecule has 1 fully saturated rings. The predicted octanol–water partition coefficient (Wildman–Crippen LogP) is 2.73. The zero-order valence-electron chi connectivity index (χ0n) is 14.6. The number of nitrogens with zero attached hydrogens (tertiary/aromatic N) is 3. The smallest absolute Gasteiger partial charge is 0.126 e. The van der Waals surface area contributed by atoms with E-state index in [4.69, 9.17) is 4.74 Å². The number of rotatable bonds is 7. The van der Waals surface area contributed by atoms with Gasteiger partial charge < -0.3 is 10.1 Å². The molecule has 2 aromatic heterocycles. The Labute approximate surface area is 143 Å². The first kappa shape index (κ1) is 16.9. The first-order valence-corrected chi connectivity index (χ1v) is 8.77. The van der Waals surface area contributed by atoms with Crippen molar-refractivity contribution in [2.45, 2.75) is 26.2 Å². The molecule has 1 aliphatic rings. The molecule has 2 N–H and O–H groups in total. The number of nitrogens with one attached hydrogen (secondary N) is 2. The zero-order valence-corrected chi connectivity index (χ0v) is 14.6. The lowest BCUT2D eigenvalue weighted by Gasteiger charge is -2.26. The van der Waals surface area contributed by atoms with E-state index in [1.54, 1.807) is 0 Å². The topological polar surface area (TPSA) is 66.1 Å². The average molecular weight is 329 g/mol. The van der Waals surface area contributed by atoms with E-state index in [1.165, 1.54) is 5.69 Å². The Morgan fingerprint density at radius 2 is 2.17 bits per heavy atom. The SMILES string of the molecule is CC(C)c1[nH]ncc1-c1ccnc(NCCCN2CCOCC2)c1. The standard InChI is InChI=1S/C18H27N5O/c1-14(2)18-16(13-21-22-18)15-4-6-20-17(12-15)19-5-3-7-23-8-10-24-11-9-23/h4,6,12-14H,3,5,7-11H2,1-2H3,(H,19,20)(H,21,22). The molecule has 0 aliphatic carbocycles. The van der Waals surface area contributed by atoms with Gasteiger partial charge in [0.05, 0.1) is 19.4 Å². The van der Waals surface area contributed by atoms with E-state index in [0.717, 1.165) is 62.8 Å². The highest BCUT2D eigenvalue weighted by Crippen LogP contribution is 2.28. The summed E-state index contributed by atoms with van der Waals surface area (Å²) >= 11 is 0. The number of morpholine rings is 1. The lowest BCUT2D eigenvalue weighted by molar-refractivity contribution is 0.0378. The van der Waals surface area contributed by atoms with Gasteiger partial charge in [0.2, 0.25) is 0 Å². The van der Waals surface area contributed by atoms with Crippen LogP contribution in [0.25, 0.3) is 11.1 Å². The van der Waals surface area contributed by atoms with Crippen molar-refractivity contribution < 1.29 is 4.74 Å². The van der Waals surface area contributed by atoms with Crippen LogP contribution in [0.15, 0.2) is 24.5 Å². The molecule has 1 aliphatic heterocycles. The number of aromatic nitrogens is 3. The van der Waals surface area contributed by atoms with E-state index in [1.807, 2.05) is 18.5 Å². The van der Waals surface area contributed by atoms with Crippen LogP contribution in [0.3, 0.4) is 0 Å². The van der Waals surface area contributed by atoms with Crippen molar-refractivity contribution in [3.05, 3.63) is 30.2 Å². The van der Waals surface area contributed by atoms with Crippen LogP contribution in [0, 0.1) is 0 Å². The number of hydrogen-bond donors (Lipinski definition) is 2. The molecule has 0 amide bonds. The highest BCUT2D eigenvalue weighted by Gasteiger charge is 2.12. The number of H-pyrrole nitrogens is 1. The fourth-order valence-corrected chi connectivity index (χ4v) is 3.00. The van der Waals surface area contributed by atoms with Crippen LogP contribution in [0.2, 0.25) is 0 Å². The maximum absolute atomic E-state index is 5.38. The summed E-state index contributed by atoms with van der Waals surface area (Å²) in [4.78, 5) is 6.89. The third-order valence-electron chi connectivity index (χ3n) is 4.38. The van der Waals surface area contributed by atoms with Gasteiger partial charge in [-0.2, -0.15) is 5.10 Å². The molecule has 6 nitrogen and oxygen atoms in total. The van der Waals surface area contributed by atoms with E-state index in [9.17, 15) is 0 Å². The molecule has 24 heavy (non-hydrogen) atoms. The molecule has 0 unspecified atom stereocenters. The van der Waals surface area contributed by atoms with E-state index < -0.39 is 0 Å². The monoisotopic (exact) mass is 329 g/mol. The zero-order chi connectivity index (χ0) is 16.8. The number of aromatic amines is 1. The van der Waals surface area contributed by atoms with Gasteiger partial charge in [0.1, 0.15) is 5.82 Å². The van der Waals surface area contributed by atoms with Crippen LogP contribution in [0.4, 0.5) is 5.82 Å². The molecule has 0 atom stereocenters. The van der Waals surface area contributed by atoms with Gasteiger partial charge in [-0.3, -0.25) is 10.00 Å². The minimum atomic E-state index is 0.417. The molecule has 0 radical (unpaired) electrons. The van der Waals surface area contributed by atoms with Gasteiger partial charge in [-0.05, 0) is 36.6 Å². The van der Waals surface area contributed by atoms with Crippen LogP contribution in [-0.4, -0.2) is 59.5 Å². The van der Waals surface area contributed by atoms with Crippen molar-refractivity contribution in [2.24, 2.45) is 0 Å². The molecule has 3 rings (SSSR count). The van der Waals surface area contributed by atoms with Gasteiger partial charge in [-0.25, -0.2) is 4.98 Å². The quantitative estimate of drug-likeness (QED) is 0.765. The van der Waals surface area contributed by atoms with Crippen molar-refractivity contribution in [1.29, 1.82) is 0 Å². The molecule has 0 bridgehead atoms. The minimum absolute atomic E-state index is 0.417. The highest BCUT2D eigenvalue weighted by atomic mass is 16.5. The van der Waals surface area contributed by atoms with Crippen molar-refractivity contribution in [3.63, 3.8) is 0 Å². The van der Waals surface area contributed by atoms with Gasteiger partial charge in [-0.15, -0.1) is 0 Å². The lowest BCUT2D eigenvalue weighted by Crippen LogP contribution is -2.37. The van der Waals surface area contributed by atoms with E-state index >= 15 is 0 Å². The summed E-state index contributed by atoms with van der Waals surface area (Å²) in [6.45, 7) is 10.2. The Hall–Kier alpha value is -1.92. The molecule has 6 heteroatoms. The van der Waals surface area contributed by atoms with Crippen LogP contribution >= 0.6 is 0 Å². The van der Waals surface area contributed by atoms with Crippen LogP contribution in [0.5, 0.6) is 0 Å². The first-order chi connectivity index (χ1) is 11.7. The molecular formula is C18H27N5O. The second-order valence-corrected chi connectivity index (χ2v) is 6.52. The lowest BCUT2D eigenvalue weighted by atomic mass is 10.0. The average Bonchev–Trinajstić information content (AvgIpc) is 3.10. The summed E-state index contributed by atoms with van der Waals surface area (Å²) in [5.74, 6) is 1.34. The molecule has 0 saturated carbocycles. The number of anilines is 1. The summed E-state index contributed by atoms with van der Waals surface area (Å²) in [7, 11) is 0. The first-order valence-electron chi connectivity index (χ1n) is 8.77. The Morgan fingerprint density at radius 1 is 1.33 bits per heavy atom. The van der Waals surface area contributed by atoms with Gasteiger partial charge in [0.15, 0.2) is 0 Å². The molecule has 1 saturated heterocycles. The molecule has 0 aromatic carbocycles. The third-order valence-corrected chi connectivity index (χ3v) is 4.38. The second-order valence-electron chi connectivity index (χ2n) is 6.52. The molecule has 130 valence electrons. The summed E-state index contributed by atoms with van der Waals surface area (Å²) in [5.41, 5.74) is 3.47. The fourth-order valence-electron chi connectivity index (χ4n) is 3.00. The van der Waals surface area contributed by atoms with Gasteiger partial charge in [0.25, 0.3) is 0 Å².